The molecule has 0 aliphatic heterocycles. The Morgan fingerprint density at radius 3 is 1.00 bits per heavy atom. The summed E-state index contributed by atoms with van der Waals surface area (Å²) in [6, 6.07) is 0. The number of carbonyl (C=O) groups is 2. The largest absolute Gasteiger partial charge is 0.480 e. The van der Waals surface area contributed by atoms with Crippen LogP contribution in [0.15, 0.2) is 0 Å². The van der Waals surface area contributed by atoms with Gasteiger partial charge in [-0.25, -0.2) is 0 Å². The fourth-order valence-corrected chi connectivity index (χ4v) is 0.224. The molecule has 0 heterocycles. The maximum Gasteiger partial charge on any atom is 0.318 e. The molecule has 0 saturated carbocycles. The van der Waals surface area contributed by atoms with Crippen LogP contribution in [0.2, 0.25) is 0 Å². The Bertz CT molecular complexity index is 240. The topological polar surface area (TPSA) is 115 Å². The van der Waals surface area contributed by atoms with Crippen LogP contribution in [0.1, 0.15) is 40.5 Å². The number of carboxylic acid groups (broad SMARTS) is 2. The highest BCUT2D eigenvalue weighted by Crippen LogP contribution is 2.10. The summed E-state index contributed by atoms with van der Waals surface area (Å²) in [5.41, 5.74) is 0. The van der Waals surface area contributed by atoms with Crippen LogP contribution in [0.25, 0.3) is 0 Å². The van der Waals surface area contributed by atoms with Crippen LogP contribution in [0.3, 0.4) is 0 Å². The van der Waals surface area contributed by atoms with Crippen LogP contribution < -0.4 is 0 Å². The van der Waals surface area contributed by atoms with Crippen molar-refractivity contribution in [1.29, 1.82) is 0 Å². The van der Waals surface area contributed by atoms with Crippen LogP contribution >= 0.6 is 25.3 Å². The smallest absolute Gasteiger partial charge is 0.318 e. The highest BCUT2D eigenvalue weighted by atomic mass is 32.1. The van der Waals surface area contributed by atoms with Gasteiger partial charge in [-0.15, -0.1) is 0 Å². The lowest BCUT2D eigenvalue weighted by Crippen LogP contribution is -2.23. The highest BCUT2D eigenvalue weighted by Gasteiger charge is 2.20. The number of rotatable bonds is 5. The predicted octanol–water partition coefficient (Wildman–Crippen LogP) is 1.31. The quantitative estimate of drug-likeness (QED) is 0.334. The number of unbranched alkanes of at least 4 members (excludes halogenated alkanes) is 1. The number of carboxylic acids is 2. The minimum absolute atomic E-state index is 0.195. The summed E-state index contributed by atoms with van der Waals surface area (Å²) in [6.07, 6.45) is 1.44. The summed E-state index contributed by atoms with van der Waals surface area (Å²) in [7, 11) is 0. The van der Waals surface area contributed by atoms with E-state index in [9.17, 15) is 9.59 Å². The SMILES string of the molecule is CC(C)(S)C(=O)O.CC(C)(S)C(=O)O.OCCCCO. The number of hydrogen-bond acceptors (Lipinski definition) is 6. The molecule has 0 atom stereocenters. The Hall–Kier alpha value is -0.440. The summed E-state index contributed by atoms with van der Waals surface area (Å²) in [5.74, 6) is -1.79. The molecule has 0 bridgehead atoms. The van der Waals surface area contributed by atoms with Gasteiger partial charge in [0, 0.05) is 13.2 Å². The van der Waals surface area contributed by atoms with E-state index in [1.165, 1.54) is 27.7 Å². The van der Waals surface area contributed by atoms with E-state index in [2.05, 4.69) is 25.3 Å². The van der Waals surface area contributed by atoms with E-state index in [1.54, 1.807) is 0 Å². The summed E-state index contributed by atoms with van der Waals surface area (Å²) < 4.78 is -1.78. The second kappa shape index (κ2) is 12.3. The molecule has 0 aliphatic rings. The van der Waals surface area contributed by atoms with Gasteiger partial charge in [0.1, 0.15) is 9.49 Å². The molecule has 20 heavy (non-hydrogen) atoms. The first kappa shape index (κ1) is 24.6. The van der Waals surface area contributed by atoms with Gasteiger partial charge in [0.15, 0.2) is 0 Å². The first-order valence-electron chi connectivity index (χ1n) is 5.94. The van der Waals surface area contributed by atoms with E-state index in [1.807, 2.05) is 0 Å². The minimum atomic E-state index is -0.893. The van der Waals surface area contributed by atoms with Gasteiger partial charge in [0.25, 0.3) is 0 Å². The molecule has 0 aromatic carbocycles. The average Bonchev–Trinajstić information content (AvgIpc) is 2.25. The van der Waals surface area contributed by atoms with Crippen molar-refractivity contribution in [2.45, 2.75) is 50.0 Å². The third-order valence-electron chi connectivity index (χ3n) is 1.61. The Morgan fingerprint density at radius 2 is 0.950 bits per heavy atom. The number of hydrogen-bond donors (Lipinski definition) is 6. The molecule has 0 radical (unpaired) electrons. The second-order valence-corrected chi connectivity index (χ2v) is 7.12. The zero-order chi connectivity index (χ0) is 17.0. The molecule has 0 saturated heterocycles. The van der Waals surface area contributed by atoms with Gasteiger partial charge in [0.05, 0.1) is 0 Å². The fourth-order valence-electron chi connectivity index (χ4n) is 0.224. The second-order valence-electron chi connectivity index (χ2n) is 4.88. The van der Waals surface area contributed by atoms with Gasteiger partial charge in [-0.05, 0) is 40.5 Å². The van der Waals surface area contributed by atoms with Gasteiger partial charge < -0.3 is 20.4 Å². The molecular weight excluding hydrogens is 304 g/mol. The van der Waals surface area contributed by atoms with E-state index in [4.69, 9.17) is 20.4 Å². The molecule has 0 rings (SSSR count). The standard InChI is InChI=1S/2C4H8O2S.C4H10O2/c2*1-4(2,7)3(5)6;5-3-1-2-4-6/h2*7H,1-2H3,(H,5,6);5-6H,1-4H2. The van der Waals surface area contributed by atoms with E-state index in [0.29, 0.717) is 0 Å². The molecule has 0 spiro atoms. The zero-order valence-corrected chi connectivity index (χ0v) is 14.1. The van der Waals surface area contributed by atoms with Gasteiger partial charge >= 0.3 is 11.9 Å². The molecule has 0 amide bonds. The Kier molecular flexibility index (Phi) is 15.1. The van der Waals surface area contributed by atoms with Crippen molar-refractivity contribution in [3.8, 4) is 0 Å². The van der Waals surface area contributed by atoms with E-state index in [-0.39, 0.29) is 13.2 Å². The van der Waals surface area contributed by atoms with Crippen LogP contribution in [-0.4, -0.2) is 55.1 Å². The molecule has 0 aliphatic carbocycles. The monoisotopic (exact) mass is 330 g/mol. The maximum absolute atomic E-state index is 9.94. The van der Waals surface area contributed by atoms with E-state index < -0.39 is 21.4 Å². The number of aliphatic carboxylic acids is 2. The maximum atomic E-state index is 9.94. The molecule has 0 aromatic heterocycles. The van der Waals surface area contributed by atoms with E-state index >= 15 is 0 Å². The molecule has 8 heteroatoms. The van der Waals surface area contributed by atoms with Crippen molar-refractivity contribution < 1.29 is 30.0 Å². The van der Waals surface area contributed by atoms with Gasteiger partial charge in [-0.2, -0.15) is 25.3 Å². The first-order chi connectivity index (χ1) is 8.80. The molecule has 0 fully saturated rings. The third-order valence-corrected chi connectivity index (χ3v) is 2.00. The van der Waals surface area contributed by atoms with Crippen molar-refractivity contribution in [3.05, 3.63) is 0 Å². The number of aliphatic hydroxyl groups is 2. The number of thiol groups is 2. The third kappa shape index (κ3) is 22.7. The zero-order valence-electron chi connectivity index (χ0n) is 12.3. The number of aliphatic hydroxyl groups excluding tert-OH is 2. The first-order valence-corrected chi connectivity index (χ1v) is 6.83. The van der Waals surface area contributed by atoms with Gasteiger partial charge in [-0.1, -0.05) is 0 Å². The molecule has 4 N–H and O–H groups in total. The normalized spacial score (nSPS) is 10.6. The molecule has 6 nitrogen and oxygen atoms in total. The summed E-state index contributed by atoms with van der Waals surface area (Å²) in [6.45, 7) is 6.49. The van der Waals surface area contributed by atoms with Crippen LogP contribution in [-0.2, 0) is 9.59 Å². The van der Waals surface area contributed by atoms with Gasteiger partial charge in [0.2, 0.25) is 0 Å². The Labute approximate surface area is 131 Å². The lowest BCUT2D eigenvalue weighted by atomic mass is 10.2. The van der Waals surface area contributed by atoms with Crippen molar-refractivity contribution in [3.63, 3.8) is 0 Å². The average molecular weight is 330 g/mol. The Morgan fingerprint density at radius 1 is 0.800 bits per heavy atom. The van der Waals surface area contributed by atoms with Gasteiger partial charge in [-0.3, -0.25) is 9.59 Å². The summed E-state index contributed by atoms with van der Waals surface area (Å²) >= 11 is 7.50. The minimum Gasteiger partial charge on any atom is -0.480 e. The lowest BCUT2D eigenvalue weighted by Gasteiger charge is -2.07. The lowest BCUT2D eigenvalue weighted by molar-refractivity contribution is -0.139. The van der Waals surface area contributed by atoms with E-state index in [0.717, 1.165) is 12.8 Å². The van der Waals surface area contributed by atoms with Crippen molar-refractivity contribution in [1.82, 2.24) is 0 Å². The van der Waals surface area contributed by atoms with Crippen molar-refractivity contribution in [2.24, 2.45) is 0 Å². The predicted molar refractivity (Wildman–Crippen MR) is 84.8 cm³/mol. The van der Waals surface area contributed by atoms with Crippen LogP contribution in [0.5, 0.6) is 0 Å². The van der Waals surface area contributed by atoms with Crippen molar-refractivity contribution >= 4 is 37.2 Å². The van der Waals surface area contributed by atoms with Crippen molar-refractivity contribution in [2.75, 3.05) is 13.2 Å². The molecule has 0 aromatic rings. The van der Waals surface area contributed by atoms with Crippen LogP contribution in [0, 0.1) is 0 Å². The molecule has 0 unspecified atom stereocenters. The molecule has 122 valence electrons. The fraction of sp³-hybridized carbons (Fsp3) is 0.833. The Balaban J connectivity index is -0.000000218. The summed E-state index contributed by atoms with van der Waals surface area (Å²) in [4.78, 5) is 19.9. The highest BCUT2D eigenvalue weighted by molar-refractivity contribution is 7.82. The summed E-state index contributed by atoms with van der Waals surface area (Å²) in [5, 5.41) is 32.5. The molecular formula is C12H26O6S2. The van der Waals surface area contributed by atoms with Crippen LogP contribution in [0.4, 0.5) is 0 Å².